The first kappa shape index (κ1) is 13.0. The molecule has 1 atom stereocenters. The Morgan fingerprint density at radius 2 is 1.95 bits per heavy atom. The summed E-state index contributed by atoms with van der Waals surface area (Å²) < 4.78 is 16.0. The summed E-state index contributed by atoms with van der Waals surface area (Å²) in [6.45, 7) is 2.45. The van der Waals surface area contributed by atoms with Crippen molar-refractivity contribution in [3.05, 3.63) is 36.0 Å². The Labute approximate surface area is 117 Å². The molecule has 5 heteroatoms. The van der Waals surface area contributed by atoms with Crippen molar-refractivity contribution in [3.63, 3.8) is 0 Å². The molecule has 0 N–H and O–H groups in total. The molecular formula is C15H18N2O3. The topological polar surface area (TPSA) is 57.4 Å². The summed E-state index contributed by atoms with van der Waals surface area (Å²) in [6, 6.07) is 7.41. The van der Waals surface area contributed by atoms with Crippen molar-refractivity contribution in [2.24, 2.45) is 5.92 Å². The summed E-state index contributed by atoms with van der Waals surface area (Å²) in [5.74, 6) is 3.94. The van der Waals surface area contributed by atoms with Gasteiger partial charge in [0.2, 0.25) is 11.7 Å². The van der Waals surface area contributed by atoms with Gasteiger partial charge in [-0.2, -0.15) is 4.98 Å². The molecule has 0 unspecified atom stereocenters. The third kappa shape index (κ3) is 2.92. The molecule has 1 aliphatic carbocycles. The lowest BCUT2D eigenvalue weighted by molar-refractivity contribution is 0.283. The molecule has 20 heavy (non-hydrogen) atoms. The van der Waals surface area contributed by atoms with Gasteiger partial charge in [-0.05, 0) is 43.0 Å². The van der Waals surface area contributed by atoms with Crippen molar-refractivity contribution in [1.82, 2.24) is 10.1 Å². The minimum absolute atomic E-state index is 0.313. The number of nitrogens with zero attached hydrogens (tertiary/aromatic N) is 2. The first-order valence-corrected chi connectivity index (χ1v) is 6.85. The number of ether oxygens (including phenoxy) is 2. The van der Waals surface area contributed by atoms with Crippen molar-refractivity contribution < 1.29 is 14.0 Å². The van der Waals surface area contributed by atoms with Gasteiger partial charge in [0.15, 0.2) is 6.61 Å². The van der Waals surface area contributed by atoms with Crippen LogP contribution in [0.1, 0.15) is 37.4 Å². The molecule has 1 heterocycles. The van der Waals surface area contributed by atoms with E-state index in [0.29, 0.717) is 24.3 Å². The Hall–Kier alpha value is -2.04. The maximum Gasteiger partial charge on any atom is 0.229 e. The first-order chi connectivity index (χ1) is 9.76. The highest BCUT2D eigenvalue weighted by molar-refractivity contribution is 5.31. The van der Waals surface area contributed by atoms with Crippen LogP contribution in [0.4, 0.5) is 0 Å². The van der Waals surface area contributed by atoms with Crippen molar-refractivity contribution in [1.29, 1.82) is 0 Å². The van der Waals surface area contributed by atoms with Gasteiger partial charge < -0.3 is 14.0 Å². The van der Waals surface area contributed by atoms with Crippen molar-refractivity contribution in [2.45, 2.75) is 32.3 Å². The van der Waals surface area contributed by atoms with Gasteiger partial charge in [0.25, 0.3) is 0 Å². The highest BCUT2D eigenvalue weighted by atomic mass is 16.5. The fourth-order valence-corrected chi connectivity index (χ4v) is 2.13. The van der Waals surface area contributed by atoms with Gasteiger partial charge in [0.1, 0.15) is 11.5 Å². The second kappa shape index (κ2) is 5.53. The molecule has 0 spiro atoms. The van der Waals surface area contributed by atoms with E-state index < -0.39 is 0 Å². The second-order valence-electron chi connectivity index (χ2n) is 5.14. The third-order valence-electron chi connectivity index (χ3n) is 3.63. The normalized spacial score (nSPS) is 15.9. The second-order valence-corrected chi connectivity index (χ2v) is 5.14. The van der Waals surface area contributed by atoms with Crippen LogP contribution in [-0.4, -0.2) is 17.3 Å². The Morgan fingerprint density at radius 3 is 2.60 bits per heavy atom. The molecule has 1 aliphatic rings. The summed E-state index contributed by atoms with van der Waals surface area (Å²) in [7, 11) is 1.64. The highest BCUT2D eigenvalue weighted by Crippen LogP contribution is 2.41. The predicted octanol–water partition coefficient (Wildman–Crippen LogP) is 3.17. The van der Waals surface area contributed by atoms with Crippen LogP contribution in [0.25, 0.3) is 0 Å². The average molecular weight is 274 g/mol. The smallest absolute Gasteiger partial charge is 0.229 e. The van der Waals surface area contributed by atoms with Crippen LogP contribution in [0.5, 0.6) is 11.5 Å². The third-order valence-corrected chi connectivity index (χ3v) is 3.63. The number of hydrogen-bond acceptors (Lipinski definition) is 5. The van der Waals surface area contributed by atoms with Crippen LogP contribution in [-0.2, 0) is 6.61 Å². The van der Waals surface area contributed by atoms with Crippen molar-refractivity contribution in [2.75, 3.05) is 7.11 Å². The first-order valence-electron chi connectivity index (χ1n) is 6.85. The lowest BCUT2D eigenvalue weighted by Crippen LogP contribution is -1.99. The van der Waals surface area contributed by atoms with E-state index in [0.717, 1.165) is 17.4 Å². The van der Waals surface area contributed by atoms with Crippen LogP contribution >= 0.6 is 0 Å². The molecule has 0 amide bonds. The standard InChI is InChI=1S/C15H18N2O3/c1-10(11-3-4-11)15-16-14(17-20-15)9-19-13-7-5-12(18-2)6-8-13/h5-8,10-11H,3-4,9H2,1-2H3/t10-/m0/s1. The summed E-state index contributed by atoms with van der Waals surface area (Å²) in [6.07, 6.45) is 2.53. The molecule has 0 radical (unpaired) electrons. The monoisotopic (exact) mass is 274 g/mol. The average Bonchev–Trinajstić information content (AvgIpc) is 3.23. The van der Waals surface area contributed by atoms with E-state index in [4.69, 9.17) is 14.0 Å². The molecule has 0 aliphatic heterocycles. The van der Waals surface area contributed by atoms with E-state index in [1.807, 2.05) is 24.3 Å². The molecule has 1 aromatic carbocycles. The molecule has 0 saturated heterocycles. The van der Waals surface area contributed by atoms with E-state index >= 15 is 0 Å². The molecule has 1 saturated carbocycles. The van der Waals surface area contributed by atoms with Crippen LogP contribution in [0.2, 0.25) is 0 Å². The van der Waals surface area contributed by atoms with Gasteiger partial charge in [-0.25, -0.2) is 0 Å². The van der Waals surface area contributed by atoms with Gasteiger partial charge in [0, 0.05) is 5.92 Å². The maximum absolute atomic E-state index is 5.62. The van der Waals surface area contributed by atoms with Crippen LogP contribution in [0, 0.1) is 5.92 Å². The molecular weight excluding hydrogens is 256 g/mol. The van der Waals surface area contributed by atoms with E-state index in [1.54, 1.807) is 7.11 Å². The molecule has 106 valence electrons. The predicted molar refractivity (Wildman–Crippen MR) is 72.8 cm³/mol. The fraction of sp³-hybridized carbons (Fsp3) is 0.467. The summed E-state index contributed by atoms with van der Waals surface area (Å²) in [5.41, 5.74) is 0. The molecule has 3 rings (SSSR count). The van der Waals surface area contributed by atoms with Gasteiger partial charge in [-0.15, -0.1) is 0 Å². The van der Waals surface area contributed by atoms with Crippen LogP contribution < -0.4 is 9.47 Å². The molecule has 1 aromatic heterocycles. The molecule has 5 nitrogen and oxygen atoms in total. The van der Waals surface area contributed by atoms with E-state index in [2.05, 4.69) is 17.1 Å². The zero-order chi connectivity index (χ0) is 13.9. The van der Waals surface area contributed by atoms with E-state index in [9.17, 15) is 0 Å². The minimum atomic E-state index is 0.313. The Bertz CT molecular complexity index is 561. The summed E-state index contributed by atoms with van der Waals surface area (Å²) in [4.78, 5) is 4.39. The van der Waals surface area contributed by atoms with Gasteiger partial charge in [-0.1, -0.05) is 12.1 Å². The van der Waals surface area contributed by atoms with Crippen LogP contribution in [0.3, 0.4) is 0 Å². The SMILES string of the molecule is COc1ccc(OCc2noc([C@@H](C)C3CC3)n2)cc1. The zero-order valence-electron chi connectivity index (χ0n) is 11.7. The maximum atomic E-state index is 5.62. The number of rotatable bonds is 6. The van der Waals surface area contributed by atoms with Gasteiger partial charge >= 0.3 is 0 Å². The van der Waals surface area contributed by atoms with Gasteiger partial charge in [0.05, 0.1) is 7.11 Å². The molecule has 1 fully saturated rings. The van der Waals surface area contributed by atoms with E-state index in [1.165, 1.54) is 12.8 Å². The number of hydrogen-bond donors (Lipinski definition) is 0. The quantitative estimate of drug-likeness (QED) is 0.809. The number of benzene rings is 1. The van der Waals surface area contributed by atoms with Crippen LogP contribution in [0.15, 0.2) is 28.8 Å². The minimum Gasteiger partial charge on any atom is -0.497 e. The van der Waals surface area contributed by atoms with Gasteiger partial charge in [-0.3, -0.25) is 0 Å². The largest absolute Gasteiger partial charge is 0.497 e. The molecule has 0 bridgehead atoms. The zero-order valence-corrected chi connectivity index (χ0v) is 11.7. The van der Waals surface area contributed by atoms with E-state index in [-0.39, 0.29) is 0 Å². The lowest BCUT2D eigenvalue weighted by atomic mass is 10.1. The summed E-state index contributed by atoms with van der Waals surface area (Å²) >= 11 is 0. The Balaban J connectivity index is 1.57. The molecule has 2 aromatic rings. The fourth-order valence-electron chi connectivity index (χ4n) is 2.13. The number of aromatic nitrogens is 2. The van der Waals surface area contributed by atoms with Crippen molar-refractivity contribution in [3.8, 4) is 11.5 Å². The Morgan fingerprint density at radius 1 is 1.25 bits per heavy atom. The summed E-state index contributed by atoms with van der Waals surface area (Å²) in [5, 5.41) is 3.96. The highest BCUT2D eigenvalue weighted by Gasteiger charge is 2.32. The Kier molecular flexibility index (Phi) is 3.58. The van der Waals surface area contributed by atoms with Crippen molar-refractivity contribution >= 4 is 0 Å². The number of methoxy groups -OCH3 is 1. The lowest BCUT2D eigenvalue weighted by Gasteiger charge is -2.04.